The Kier molecular flexibility index (Phi) is 4.54. The summed E-state index contributed by atoms with van der Waals surface area (Å²) < 4.78 is 17.2. The first-order valence-electron chi connectivity index (χ1n) is 8.74. The monoisotopic (exact) mass is 325 g/mol. The van der Waals surface area contributed by atoms with Crippen molar-refractivity contribution in [3.05, 3.63) is 0 Å². The smallest absolute Gasteiger partial charge is 0.410 e. The number of nitrogens with zero attached hydrogens (tertiary/aromatic N) is 1. The molecule has 3 aliphatic rings. The Morgan fingerprint density at radius 3 is 2.22 bits per heavy atom. The van der Waals surface area contributed by atoms with E-state index < -0.39 is 17.6 Å². The van der Waals surface area contributed by atoms with E-state index in [0.717, 1.165) is 38.8 Å². The van der Waals surface area contributed by atoms with Gasteiger partial charge in [-0.15, -0.1) is 0 Å². The van der Waals surface area contributed by atoms with Gasteiger partial charge in [-0.25, -0.2) is 4.79 Å². The van der Waals surface area contributed by atoms with E-state index in [1.807, 2.05) is 20.8 Å². The third-order valence-electron chi connectivity index (χ3n) is 5.42. The molecule has 0 aliphatic carbocycles. The van der Waals surface area contributed by atoms with Gasteiger partial charge < -0.3 is 19.1 Å². The van der Waals surface area contributed by atoms with Crippen molar-refractivity contribution >= 4 is 12.1 Å². The number of carbonyl (C=O) groups excluding carboxylic acids is 2. The molecule has 2 bridgehead atoms. The fraction of sp³-hybridized carbons (Fsp3) is 0.882. The van der Waals surface area contributed by atoms with Gasteiger partial charge in [0.25, 0.3) is 0 Å². The van der Waals surface area contributed by atoms with Crippen LogP contribution in [0.2, 0.25) is 0 Å². The summed E-state index contributed by atoms with van der Waals surface area (Å²) in [6.07, 6.45) is 2.90. The molecule has 6 nitrogen and oxygen atoms in total. The third-order valence-corrected chi connectivity index (χ3v) is 5.42. The van der Waals surface area contributed by atoms with E-state index >= 15 is 0 Å². The summed E-state index contributed by atoms with van der Waals surface area (Å²) in [7, 11) is 0. The highest BCUT2D eigenvalue weighted by atomic mass is 16.6. The van der Waals surface area contributed by atoms with Crippen molar-refractivity contribution in [1.29, 1.82) is 0 Å². The number of fused-ring (bicyclic) bond motifs is 2. The number of hydrogen-bond acceptors (Lipinski definition) is 5. The molecule has 3 aliphatic heterocycles. The second-order valence-corrected chi connectivity index (χ2v) is 7.44. The normalized spacial score (nSPS) is 33.1. The van der Waals surface area contributed by atoms with Crippen molar-refractivity contribution < 1.29 is 23.8 Å². The second kappa shape index (κ2) is 6.30. The molecular formula is C17H27NO5. The lowest BCUT2D eigenvalue weighted by molar-refractivity contribution is -0.167. The van der Waals surface area contributed by atoms with Crippen molar-refractivity contribution in [2.45, 2.75) is 77.3 Å². The fourth-order valence-corrected chi connectivity index (χ4v) is 3.40. The first-order chi connectivity index (χ1) is 10.9. The SMILES string of the molecule is CCC(C)(C)C(=O)OC1C2CCC(O2)C1OC(=O)N1CCCC1. The summed E-state index contributed by atoms with van der Waals surface area (Å²) >= 11 is 0. The molecule has 0 aromatic heterocycles. The van der Waals surface area contributed by atoms with Gasteiger partial charge in [-0.2, -0.15) is 0 Å². The van der Waals surface area contributed by atoms with E-state index in [1.165, 1.54) is 0 Å². The van der Waals surface area contributed by atoms with Crippen LogP contribution in [0.1, 0.15) is 52.9 Å². The highest BCUT2D eigenvalue weighted by Gasteiger charge is 2.54. The summed E-state index contributed by atoms with van der Waals surface area (Å²) in [4.78, 5) is 26.4. The number of ether oxygens (including phenoxy) is 3. The zero-order valence-electron chi connectivity index (χ0n) is 14.2. The van der Waals surface area contributed by atoms with E-state index in [2.05, 4.69) is 0 Å². The Hall–Kier alpha value is -1.30. The average molecular weight is 325 g/mol. The largest absolute Gasteiger partial charge is 0.455 e. The van der Waals surface area contributed by atoms with Crippen LogP contribution in [0.5, 0.6) is 0 Å². The predicted octanol–water partition coefficient (Wildman–Crippen LogP) is 2.50. The number of esters is 1. The molecule has 0 saturated carbocycles. The molecule has 1 amide bonds. The van der Waals surface area contributed by atoms with Crippen LogP contribution in [0.15, 0.2) is 0 Å². The predicted molar refractivity (Wildman–Crippen MR) is 82.9 cm³/mol. The summed E-state index contributed by atoms with van der Waals surface area (Å²) in [6.45, 7) is 7.19. The molecule has 23 heavy (non-hydrogen) atoms. The van der Waals surface area contributed by atoms with Crippen LogP contribution in [-0.4, -0.2) is 54.5 Å². The molecule has 3 saturated heterocycles. The summed E-state index contributed by atoms with van der Waals surface area (Å²) in [6, 6.07) is 0. The maximum Gasteiger partial charge on any atom is 0.410 e. The Morgan fingerprint density at radius 2 is 1.65 bits per heavy atom. The zero-order valence-corrected chi connectivity index (χ0v) is 14.2. The molecule has 4 unspecified atom stereocenters. The number of likely N-dealkylation sites (tertiary alicyclic amines) is 1. The zero-order chi connectivity index (χ0) is 16.6. The van der Waals surface area contributed by atoms with E-state index in [0.29, 0.717) is 6.42 Å². The lowest BCUT2D eigenvalue weighted by Crippen LogP contribution is -2.47. The molecule has 6 heteroatoms. The first kappa shape index (κ1) is 16.6. The van der Waals surface area contributed by atoms with Gasteiger partial charge in [0.2, 0.25) is 0 Å². The van der Waals surface area contributed by atoms with Crippen LogP contribution in [0.4, 0.5) is 4.79 Å². The van der Waals surface area contributed by atoms with E-state index in [4.69, 9.17) is 14.2 Å². The molecule has 0 N–H and O–H groups in total. The highest BCUT2D eigenvalue weighted by Crippen LogP contribution is 2.39. The van der Waals surface area contributed by atoms with Gasteiger partial charge in [-0.1, -0.05) is 6.92 Å². The minimum Gasteiger partial charge on any atom is -0.455 e. The molecule has 3 rings (SSSR count). The number of rotatable bonds is 4. The van der Waals surface area contributed by atoms with Gasteiger partial charge in [0.15, 0.2) is 12.2 Å². The summed E-state index contributed by atoms with van der Waals surface area (Å²) in [5.41, 5.74) is -0.536. The number of hydrogen-bond donors (Lipinski definition) is 0. The molecule has 3 heterocycles. The molecule has 0 aromatic rings. The molecular weight excluding hydrogens is 298 g/mol. The molecule has 3 fully saturated rings. The Labute approximate surface area is 137 Å². The Morgan fingerprint density at radius 1 is 1.09 bits per heavy atom. The van der Waals surface area contributed by atoms with Gasteiger partial charge in [0.05, 0.1) is 17.6 Å². The maximum absolute atomic E-state index is 12.4. The minimum absolute atomic E-state index is 0.144. The van der Waals surface area contributed by atoms with E-state index in [1.54, 1.807) is 4.90 Å². The standard InChI is InChI=1S/C17H27NO5/c1-4-17(2,3)15(19)22-13-11-7-8-12(21-11)14(13)23-16(20)18-9-5-6-10-18/h11-14H,4-10H2,1-3H3. The van der Waals surface area contributed by atoms with Gasteiger partial charge in [0, 0.05) is 13.1 Å². The first-order valence-corrected chi connectivity index (χ1v) is 8.74. The summed E-state index contributed by atoms with van der Waals surface area (Å²) in [5.74, 6) is -0.247. The van der Waals surface area contributed by atoms with Crippen LogP contribution in [0, 0.1) is 5.41 Å². The molecule has 130 valence electrons. The van der Waals surface area contributed by atoms with Gasteiger partial charge in [-0.05, 0) is 46.0 Å². The van der Waals surface area contributed by atoms with Crippen LogP contribution in [0.3, 0.4) is 0 Å². The maximum atomic E-state index is 12.4. The van der Waals surface area contributed by atoms with Crippen LogP contribution in [-0.2, 0) is 19.0 Å². The quantitative estimate of drug-likeness (QED) is 0.743. The molecule has 0 aromatic carbocycles. The van der Waals surface area contributed by atoms with Gasteiger partial charge >= 0.3 is 12.1 Å². The van der Waals surface area contributed by atoms with Crippen molar-refractivity contribution in [2.75, 3.05) is 13.1 Å². The lowest BCUT2D eigenvalue weighted by atomic mass is 9.89. The molecule has 4 atom stereocenters. The van der Waals surface area contributed by atoms with E-state index in [-0.39, 0.29) is 24.3 Å². The lowest BCUT2D eigenvalue weighted by Gasteiger charge is -2.31. The second-order valence-electron chi connectivity index (χ2n) is 7.44. The highest BCUT2D eigenvalue weighted by molar-refractivity contribution is 5.76. The van der Waals surface area contributed by atoms with E-state index in [9.17, 15) is 9.59 Å². The van der Waals surface area contributed by atoms with Crippen molar-refractivity contribution in [3.8, 4) is 0 Å². The van der Waals surface area contributed by atoms with Gasteiger partial charge in [-0.3, -0.25) is 4.79 Å². The summed E-state index contributed by atoms with van der Waals surface area (Å²) in [5, 5.41) is 0. The average Bonchev–Trinajstić information content (AvgIpc) is 3.25. The van der Waals surface area contributed by atoms with Crippen LogP contribution < -0.4 is 0 Å². The number of amides is 1. The fourth-order valence-electron chi connectivity index (χ4n) is 3.40. The van der Waals surface area contributed by atoms with Crippen LogP contribution >= 0.6 is 0 Å². The number of carbonyl (C=O) groups is 2. The topological polar surface area (TPSA) is 65.1 Å². The third kappa shape index (κ3) is 3.18. The van der Waals surface area contributed by atoms with Crippen LogP contribution in [0.25, 0.3) is 0 Å². The van der Waals surface area contributed by atoms with Crippen molar-refractivity contribution in [3.63, 3.8) is 0 Å². The van der Waals surface area contributed by atoms with Crippen molar-refractivity contribution in [2.24, 2.45) is 5.41 Å². The minimum atomic E-state index is -0.536. The molecule has 0 spiro atoms. The Bertz CT molecular complexity index is 472. The molecule has 0 radical (unpaired) electrons. The van der Waals surface area contributed by atoms with Crippen molar-refractivity contribution in [1.82, 2.24) is 4.90 Å². The van der Waals surface area contributed by atoms with Gasteiger partial charge in [0.1, 0.15) is 0 Å². The Balaban J connectivity index is 1.65.